The second kappa shape index (κ2) is 13.3. The van der Waals surface area contributed by atoms with Gasteiger partial charge in [0.15, 0.2) is 6.29 Å². The van der Waals surface area contributed by atoms with E-state index < -0.39 is 6.29 Å². The third-order valence-electron chi connectivity index (χ3n) is 6.96. The van der Waals surface area contributed by atoms with Crippen LogP contribution in [-0.4, -0.2) is 22.9 Å². The van der Waals surface area contributed by atoms with Crippen molar-refractivity contribution in [2.24, 2.45) is 5.73 Å². The topological polar surface area (TPSA) is 93.8 Å². The number of amides is 1. The van der Waals surface area contributed by atoms with Crippen LogP contribution in [0.25, 0.3) is 11.1 Å². The fourth-order valence-electron chi connectivity index (χ4n) is 4.85. The molecule has 7 heteroatoms. The van der Waals surface area contributed by atoms with Gasteiger partial charge >= 0.3 is 0 Å². The molecule has 1 amide bonds. The maximum Gasteiger partial charge on any atom is 0.221 e. The predicted molar refractivity (Wildman–Crippen MR) is 160 cm³/mol. The number of nitrogens with two attached hydrogens (primary N) is 1. The monoisotopic (exact) mass is 554 g/mol. The van der Waals surface area contributed by atoms with Gasteiger partial charge < -0.3 is 25.6 Å². The van der Waals surface area contributed by atoms with E-state index in [2.05, 4.69) is 41.7 Å². The van der Waals surface area contributed by atoms with Crippen molar-refractivity contribution in [2.45, 2.75) is 49.9 Å². The molecule has 1 saturated heterocycles. The zero-order valence-electron chi connectivity index (χ0n) is 22.5. The SMILES string of the molecule is CC(=O)Nc1ccc(SCC2CC(c3ccc(CO)cc3)OC(c3ccc(-c4ccccc4CN)cc3)O2)cc1. The van der Waals surface area contributed by atoms with E-state index in [9.17, 15) is 9.90 Å². The molecule has 0 aromatic heterocycles. The Hall–Kier alpha value is -3.46. The van der Waals surface area contributed by atoms with E-state index >= 15 is 0 Å². The van der Waals surface area contributed by atoms with Gasteiger partial charge in [-0.3, -0.25) is 4.79 Å². The molecule has 4 aromatic rings. The molecule has 0 bridgehead atoms. The number of anilines is 1. The molecule has 4 N–H and O–H groups in total. The zero-order chi connectivity index (χ0) is 27.9. The molecule has 3 unspecified atom stereocenters. The lowest BCUT2D eigenvalue weighted by atomic mass is 9.98. The third-order valence-corrected chi connectivity index (χ3v) is 8.10. The lowest BCUT2D eigenvalue weighted by Gasteiger charge is -2.36. The van der Waals surface area contributed by atoms with E-state index in [0.717, 1.165) is 49.7 Å². The summed E-state index contributed by atoms with van der Waals surface area (Å²) in [7, 11) is 0. The number of hydrogen-bond acceptors (Lipinski definition) is 6. The van der Waals surface area contributed by atoms with Gasteiger partial charge in [0.2, 0.25) is 5.91 Å². The molecule has 0 aliphatic carbocycles. The molecule has 5 rings (SSSR count). The second-order valence-electron chi connectivity index (χ2n) is 9.85. The number of hydrogen-bond donors (Lipinski definition) is 3. The molecule has 4 aromatic carbocycles. The van der Waals surface area contributed by atoms with Gasteiger partial charge in [0.25, 0.3) is 0 Å². The highest BCUT2D eigenvalue weighted by molar-refractivity contribution is 7.99. The average molecular weight is 555 g/mol. The highest BCUT2D eigenvalue weighted by Gasteiger charge is 2.32. The first-order chi connectivity index (χ1) is 19.5. The minimum absolute atomic E-state index is 0.0111. The minimum atomic E-state index is -0.511. The normalized spacial score (nSPS) is 18.8. The highest BCUT2D eigenvalue weighted by atomic mass is 32.2. The van der Waals surface area contributed by atoms with Gasteiger partial charge in [-0.05, 0) is 52.1 Å². The van der Waals surface area contributed by atoms with Crippen molar-refractivity contribution in [3.05, 3.63) is 119 Å². The number of aliphatic hydroxyl groups is 1. The summed E-state index contributed by atoms with van der Waals surface area (Å²) < 4.78 is 13.0. The van der Waals surface area contributed by atoms with E-state index in [1.54, 1.807) is 11.8 Å². The quantitative estimate of drug-likeness (QED) is 0.202. The summed E-state index contributed by atoms with van der Waals surface area (Å²) in [6.45, 7) is 2.00. The molecular weight excluding hydrogens is 520 g/mol. The summed E-state index contributed by atoms with van der Waals surface area (Å²) >= 11 is 1.72. The van der Waals surface area contributed by atoms with E-state index in [1.165, 1.54) is 6.92 Å². The number of ether oxygens (including phenoxy) is 2. The molecule has 1 aliphatic heterocycles. The van der Waals surface area contributed by atoms with Gasteiger partial charge in [0, 0.05) is 41.8 Å². The number of nitrogens with one attached hydrogen (secondary N) is 1. The fraction of sp³-hybridized carbons (Fsp3) is 0.242. The number of carbonyl (C=O) groups excluding carboxylic acids is 1. The standard InChI is InChI=1S/C33H34N2O4S/c1-22(37)35-28-14-16-30(17-15-28)40-21-29-18-32(25-8-6-23(20-36)7-9-25)39-33(38-29)26-12-10-24(11-13-26)31-5-3-2-4-27(31)19-34/h2-17,29,32-33,36H,18-21,34H2,1H3,(H,35,37). The van der Waals surface area contributed by atoms with Gasteiger partial charge in [-0.25, -0.2) is 0 Å². The van der Waals surface area contributed by atoms with Gasteiger partial charge in [0.05, 0.1) is 18.8 Å². The largest absolute Gasteiger partial charge is 0.392 e. The maximum absolute atomic E-state index is 11.3. The predicted octanol–water partition coefficient (Wildman–Crippen LogP) is 6.60. The van der Waals surface area contributed by atoms with E-state index in [0.29, 0.717) is 13.0 Å². The Kier molecular flexibility index (Phi) is 9.31. The Morgan fingerprint density at radius 3 is 2.30 bits per heavy atom. The number of aliphatic hydroxyl groups excluding tert-OH is 1. The smallest absolute Gasteiger partial charge is 0.221 e. The Bertz CT molecular complexity index is 1410. The van der Waals surface area contributed by atoms with Crippen molar-refractivity contribution in [1.29, 1.82) is 0 Å². The van der Waals surface area contributed by atoms with Crippen LogP contribution in [0.5, 0.6) is 0 Å². The highest BCUT2D eigenvalue weighted by Crippen LogP contribution is 2.40. The molecule has 0 spiro atoms. The molecular formula is C33H34N2O4S. The number of carbonyl (C=O) groups is 1. The van der Waals surface area contributed by atoms with Crippen LogP contribution in [0, 0.1) is 0 Å². The van der Waals surface area contributed by atoms with E-state index in [4.69, 9.17) is 15.2 Å². The van der Waals surface area contributed by atoms with Crippen LogP contribution in [-0.2, 0) is 27.4 Å². The Morgan fingerprint density at radius 2 is 1.62 bits per heavy atom. The molecule has 3 atom stereocenters. The van der Waals surface area contributed by atoms with Gasteiger partial charge in [-0.1, -0.05) is 72.8 Å². The third kappa shape index (κ3) is 6.99. The molecule has 6 nitrogen and oxygen atoms in total. The summed E-state index contributed by atoms with van der Waals surface area (Å²) in [5.74, 6) is 0.670. The van der Waals surface area contributed by atoms with E-state index in [1.807, 2.05) is 60.7 Å². The lowest BCUT2D eigenvalue weighted by Crippen LogP contribution is -2.31. The van der Waals surface area contributed by atoms with Crippen LogP contribution < -0.4 is 11.1 Å². The van der Waals surface area contributed by atoms with Crippen molar-refractivity contribution in [2.75, 3.05) is 11.1 Å². The van der Waals surface area contributed by atoms with Gasteiger partial charge in [0.1, 0.15) is 0 Å². The first-order valence-electron chi connectivity index (χ1n) is 13.4. The summed E-state index contributed by atoms with van der Waals surface area (Å²) in [5.41, 5.74) is 13.0. The molecule has 1 heterocycles. The first-order valence-corrected chi connectivity index (χ1v) is 14.4. The van der Waals surface area contributed by atoms with Crippen LogP contribution >= 0.6 is 11.8 Å². The van der Waals surface area contributed by atoms with Crippen molar-refractivity contribution in [1.82, 2.24) is 0 Å². The van der Waals surface area contributed by atoms with Crippen LogP contribution in [0.2, 0.25) is 0 Å². The summed E-state index contributed by atoms with van der Waals surface area (Å²) in [5, 5.41) is 12.3. The number of thioether (sulfide) groups is 1. The van der Waals surface area contributed by atoms with Crippen molar-refractivity contribution in [3.8, 4) is 11.1 Å². The number of rotatable bonds is 9. The maximum atomic E-state index is 11.3. The second-order valence-corrected chi connectivity index (χ2v) is 10.9. The first kappa shape index (κ1) is 28.1. The average Bonchev–Trinajstić information content (AvgIpc) is 3.00. The number of benzene rings is 4. The summed E-state index contributed by atoms with van der Waals surface area (Å²) in [6.07, 6.45) is 0.0205. The van der Waals surface area contributed by atoms with Crippen LogP contribution in [0.3, 0.4) is 0 Å². The van der Waals surface area contributed by atoms with Crippen molar-refractivity contribution < 1.29 is 19.4 Å². The summed E-state index contributed by atoms with van der Waals surface area (Å²) in [6, 6.07) is 32.3. The van der Waals surface area contributed by atoms with Crippen LogP contribution in [0.4, 0.5) is 5.69 Å². The Balaban J connectivity index is 1.34. The molecule has 0 radical (unpaired) electrons. The Morgan fingerprint density at radius 1 is 0.925 bits per heavy atom. The fourth-order valence-corrected chi connectivity index (χ4v) is 5.77. The molecule has 206 valence electrons. The molecule has 40 heavy (non-hydrogen) atoms. The molecule has 1 fully saturated rings. The van der Waals surface area contributed by atoms with Gasteiger partial charge in [-0.2, -0.15) is 0 Å². The van der Waals surface area contributed by atoms with E-state index in [-0.39, 0.29) is 24.7 Å². The van der Waals surface area contributed by atoms with Crippen molar-refractivity contribution in [3.63, 3.8) is 0 Å². The zero-order valence-corrected chi connectivity index (χ0v) is 23.3. The molecule has 0 saturated carbocycles. The van der Waals surface area contributed by atoms with Gasteiger partial charge in [-0.15, -0.1) is 11.8 Å². The van der Waals surface area contributed by atoms with Crippen LogP contribution in [0.1, 0.15) is 48.0 Å². The molecule has 1 aliphatic rings. The Labute approximate surface area is 239 Å². The van der Waals surface area contributed by atoms with Crippen molar-refractivity contribution >= 4 is 23.4 Å². The lowest BCUT2D eigenvalue weighted by molar-refractivity contribution is -0.245. The minimum Gasteiger partial charge on any atom is -0.392 e. The summed E-state index contributed by atoms with van der Waals surface area (Å²) in [4.78, 5) is 12.4. The van der Waals surface area contributed by atoms with Crippen LogP contribution in [0.15, 0.2) is 102 Å².